The van der Waals surface area contributed by atoms with Gasteiger partial charge in [-0.1, -0.05) is 0 Å². The molecule has 2 rings (SSSR count). The number of aromatic nitrogens is 3. The average molecular weight is 184 g/mol. The molecule has 1 aliphatic rings. The van der Waals surface area contributed by atoms with E-state index < -0.39 is 5.60 Å². The Morgan fingerprint density at radius 2 is 2.38 bits per heavy atom. The normalized spacial score (nSPS) is 29.0. The Labute approximate surface area is 74.4 Å². The highest BCUT2D eigenvalue weighted by Gasteiger charge is 2.34. The molecule has 0 amide bonds. The van der Waals surface area contributed by atoms with E-state index in [1.807, 2.05) is 0 Å². The first-order valence-corrected chi connectivity index (χ1v) is 4.29. The van der Waals surface area contributed by atoms with Crippen molar-refractivity contribution in [3.63, 3.8) is 0 Å². The molecular formula is C7H12N4O2. The van der Waals surface area contributed by atoms with Crippen molar-refractivity contribution in [3.8, 4) is 0 Å². The Kier molecular flexibility index (Phi) is 1.93. The molecule has 1 aromatic heterocycles. The number of aliphatic hydroxyl groups is 1. The smallest absolute Gasteiger partial charge is 0.340 e. The minimum atomic E-state index is -1.02. The van der Waals surface area contributed by atoms with E-state index in [-0.39, 0.29) is 5.69 Å². The number of nitrogens with zero attached hydrogens (tertiary/aromatic N) is 1. The Hall–Kier alpha value is -1.14. The third-order valence-corrected chi connectivity index (χ3v) is 2.30. The lowest BCUT2D eigenvalue weighted by molar-refractivity contribution is 0.00414. The maximum Gasteiger partial charge on any atom is 0.340 e. The standard InChI is InChI=1S/C7H12N4O2/c12-6-9-5(10-11-6)7(13)2-1-3-8-4-7/h8,13H,1-4H2,(H2,9,10,11,12). The highest BCUT2D eigenvalue weighted by Crippen LogP contribution is 2.23. The number of H-pyrrole nitrogens is 2. The predicted molar refractivity (Wildman–Crippen MR) is 45.2 cm³/mol. The Balaban J connectivity index is 2.27. The summed E-state index contributed by atoms with van der Waals surface area (Å²) < 4.78 is 0. The molecule has 1 atom stereocenters. The van der Waals surface area contributed by atoms with E-state index in [9.17, 15) is 9.90 Å². The topological polar surface area (TPSA) is 93.8 Å². The highest BCUT2D eigenvalue weighted by atomic mass is 16.3. The molecular weight excluding hydrogens is 172 g/mol. The van der Waals surface area contributed by atoms with Gasteiger partial charge in [0.05, 0.1) is 0 Å². The maximum atomic E-state index is 10.8. The van der Waals surface area contributed by atoms with E-state index in [1.54, 1.807) is 0 Å². The van der Waals surface area contributed by atoms with Crippen LogP contribution in [0.5, 0.6) is 0 Å². The van der Waals surface area contributed by atoms with E-state index in [1.165, 1.54) is 0 Å². The number of nitrogens with one attached hydrogen (secondary N) is 3. The van der Waals surface area contributed by atoms with Crippen molar-refractivity contribution in [2.24, 2.45) is 0 Å². The van der Waals surface area contributed by atoms with Crippen molar-refractivity contribution in [2.75, 3.05) is 13.1 Å². The van der Waals surface area contributed by atoms with Crippen LogP contribution < -0.4 is 11.0 Å². The van der Waals surface area contributed by atoms with Gasteiger partial charge in [-0.25, -0.2) is 9.89 Å². The molecule has 0 saturated carbocycles. The summed E-state index contributed by atoms with van der Waals surface area (Å²) in [6.45, 7) is 1.34. The Morgan fingerprint density at radius 1 is 1.54 bits per heavy atom. The van der Waals surface area contributed by atoms with Crippen LogP contribution in [-0.4, -0.2) is 33.4 Å². The summed E-state index contributed by atoms with van der Waals surface area (Å²) in [5.74, 6) is 0.324. The summed E-state index contributed by atoms with van der Waals surface area (Å²) in [7, 11) is 0. The lowest BCUT2D eigenvalue weighted by atomic mass is 9.94. The summed E-state index contributed by atoms with van der Waals surface area (Å²) in [5.41, 5.74) is -1.40. The summed E-state index contributed by atoms with van der Waals surface area (Å²) in [5, 5.41) is 19.1. The maximum absolute atomic E-state index is 10.8. The molecule has 6 nitrogen and oxygen atoms in total. The van der Waals surface area contributed by atoms with E-state index in [2.05, 4.69) is 20.5 Å². The van der Waals surface area contributed by atoms with E-state index in [0.717, 1.165) is 13.0 Å². The van der Waals surface area contributed by atoms with Gasteiger partial charge in [0.25, 0.3) is 0 Å². The zero-order chi connectivity index (χ0) is 9.31. The third kappa shape index (κ3) is 1.50. The van der Waals surface area contributed by atoms with E-state index >= 15 is 0 Å². The molecule has 0 aliphatic carbocycles. The molecule has 6 heteroatoms. The number of aromatic amines is 2. The molecule has 0 spiro atoms. The first-order chi connectivity index (χ1) is 6.21. The van der Waals surface area contributed by atoms with Crippen LogP contribution >= 0.6 is 0 Å². The zero-order valence-electron chi connectivity index (χ0n) is 7.13. The van der Waals surface area contributed by atoms with Gasteiger partial charge in [0, 0.05) is 6.54 Å². The number of piperidine rings is 1. The van der Waals surface area contributed by atoms with Gasteiger partial charge in [-0.05, 0) is 19.4 Å². The molecule has 1 saturated heterocycles. The molecule has 2 heterocycles. The van der Waals surface area contributed by atoms with Gasteiger partial charge in [-0.15, -0.1) is 0 Å². The highest BCUT2D eigenvalue weighted by molar-refractivity contribution is 5.02. The molecule has 0 bridgehead atoms. The van der Waals surface area contributed by atoms with Crippen LogP contribution in [-0.2, 0) is 5.60 Å². The van der Waals surface area contributed by atoms with Crippen LogP contribution in [0.15, 0.2) is 4.79 Å². The molecule has 1 fully saturated rings. The summed E-state index contributed by atoms with van der Waals surface area (Å²) in [6, 6.07) is 0. The fraction of sp³-hybridized carbons (Fsp3) is 0.714. The van der Waals surface area contributed by atoms with Crippen LogP contribution in [0.1, 0.15) is 18.7 Å². The monoisotopic (exact) mass is 184 g/mol. The zero-order valence-corrected chi connectivity index (χ0v) is 7.13. The van der Waals surface area contributed by atoms with Crippen molar-refractivity contribution in [1.29, 1.82) is 0 Å². The van der Waals surface area contributed by atoms with Crippen LogP contribution in [0.4, 0.5) is 0 Å². The molecule has 1 aliphatic heterocycles. The second-order valence-corrected chi connectivity index (χ2v) is 3.34. The minimum absolute atomic E-state index is 0.324. The molecule has 0 aromatic carbocycles. The summed E-state index contributed by atoms with van der Waals surface area (Å²) in [4.78, 5) is 13.2. The van der Waals surface area contributed by atoms with Crippen molar-refractivity contribution in [3.05, 3.63) is 16.3 Å². The third-order valence-electron chi connectivity index (χ3n) is 2.30. The fourth-order valence-corrected chi connectivity index (χ4v) is 1.58. The second kappa shape index (κ2) is 2.97. The SMILES string of the molecule is O=c1[nH]nc(C2(O)CCCNC2)[nH]1. The first kappa shape index (κ1) is 8.46. The number of hydrogen-bond donors (Lipinski definition) is 4. The minimum Gasteiger partial charge on any atom is -0.381 e. The largest absolute Gasteiger partial charge is 0.381 e. The van der Waals surface area contributed by atoms with Crippen molar-refractivity contribution in [1.82, 2.24) is 20.5 Å². The lowest BCUT2D eigenvalue weighted by Gasteiger charge is -2.29. The van der Waals surface area contributed by atoms with Gasteiger partial charge in [0.15, 0.2) is 5.82 Å². The van der Waals surface area contributed by atoms with Crippen molar-refractivity contribution in [2.45, 2.75) is 18.4 Å². The molecule has 13 heavy (non-hydrogen) atoms. The number of rotatable bonds is 1. The van der Waals surface area contributed by atoms with Gasteiger partial charge in [-0.3, -0.25) is 4.98 Å². The van der Waals surface area contributed by atoms with Gasteiger partial charge < -0.3 is 10.4 Å². The molecule has 1 unspecified atom stereocenters. The average Bonchev–Trinajstić information content (AvgIpc) is 2.54. The Bertz CT molecular complexity index is 336. The van der Waals surface area contributed by atoms with E-state index in [0.29, 0.717) is 18.8 Å². The summed E-state index contributed by atoms with van der Waals surface area (Å²) >= 11 is 0. The second-order valence-electron chi connectivity index (χ2n) is 3.34. The number of hydrogen-bond acceptors (Lipinski definition) is 4. The molecule has 1 aromatic rings. The van der Waals surface area contributed by atoms with Gasteiger partial charge in [0.2, 0.25) is 0 Å². The van der Waals surface area contributed by atoms with Crippen molar-refractivity contribution < 1.29 is 5.11 Å². The Morgan fingerprint density at radius 3 is 2.92 bits per heavy atom. The number of β-amino-alcohol motifs (C(OH)–C–C–N with tert-alkyl or cyclic N) is 1. The molecule has 0 radical (unpaired) electrons. The van der Waals surface area contributed by atoms with Crippen molar-refractivity contribution >= 4 is 0 Å². The molecule has 4 N–H and O–H groups in total. The van der Waals surface area contributed by atoms with Crippen LogP contribution in [0.3, 0.4) is 0 Å². The van der Waals surface area contributed by atoms with Crippen LogP contribution in [0, 0.1) is 0 Å². The van der Waals surface area contributed by atoms with Gasteiger partial charge in [-0.2, -0.15) is 5.10 Å². The predicted octanol–water partition coefficient (Wildman–Crippen LogP) is -1.33. The molecule has 72 valence electrons. The van der Waals surface area contributed by atoms with E-state index in [4.69, 9.17) is 0 Å². The van der Waals surface area contributed by atoms with Gasteiger partial charge >= 0.3 is 5.69 Å². The first-order valence-electron chi connectivity index (χ1n) is 4.29. The quantitative estimate of drug-likeness (QED) is 0.435. The lowest BCUT2D eigenvalue weighted by Crippen LogP contribution is -2.44. The van der Waals surface area contributed by atoms with Crippen LogP contribution in [0.25, 0.3) is 0 Å². The van der Waals surface area contributed by atoms with Gasteiger partial charge in [0.1, 0.15) is 5.60 Å². The summed E-state index contributed by atoms with van der Waals surface area (Å²) in [6.07, 6.45) is 1.51. The van der Waals surface area contributed by atoms with Crippen LogP contribution in [0.2, 0.25) is 0 Å². The fourth-order valence-electron chi connectivity index (χ4n) is 1.58.